The van der Waals surface area contributed by atoms with E-state index in [-0.39, 0.29) is 6.42 Å². The Morgan fingerprint density at radius 1 is 1.44 bits per heavy atom. The highest BCUT2D eigenvalue weighted by molar-refractivity contribution is 7.90. The fourth-order valence-corrected chi connectivity index (χ4v) is 3.56. The van der Waals surface area contributed by atoms with Gasteiger partial charge in [-0.3, -0.25) is 4.79 Å². The number of carbonyl (C=O) groups excluding carboxylic acids is 1. The minimum Gasteiger partial charge on any atom is -0.361 e. The molecule has 2 aromatic rings. The predicted octanol–water partition coefficient (Wildman–Crippen LogP) is 1.99. The predicted molar refractivity (Wildman–Crippen MR) is 85.3 cm³/mol. The van der Waals surface area contributed by atoms with E-state index in [9.17, 15) is 17.6 Å². The van der Waals surface area contributed by atoms with Crippen LogP contribution in [-0.4, -0.2) is 19.5 Å². The number of halogens is 1. The molecule has 1 unspecified atom stereocenters. The van der Waals surface area contributed by atoms with E-state index in [0.717, 1.165) is 23.8 Å². The van der Waals surface area contributed by atoms with Crippen molar-refractivity contribution in [2.75, 3.05) is 0 Å². The third-order valence-electron chi connectivity index (χ3n) is 3.75. The Morgan fingerprint density at radius 3 is 2.68 bits per heavy atom. The smallest absolute Gasteiger partial charge is 0.265 e. The van der Waals surface area contributed by atoms with Gasteiger partial charge in [-0.1, -0.05) is 18.1 Å². The zero-order chi connectivity index (χ0) is 18.8. The number of sulfonamides is 1. The summed E-state index contributed by atoms with van der Waals surface area (Å²) >= 11 is 0. The van der Waals surface area contributed by atoms with Crippen molar-refractivity contribution in [1.82, 2.24) is 9.88 Å². The van der Waals surface area contributed by atoms with Crippen molar-refractivity contribution < 1.29 is 22.1 Å². The summed E-state index contributed by atoms with van der Waals surface area (Å²) in [6.45, 7) is 4.97. The fraction of sp³-hybridized carbons (Fsp3) is 0.312. The summed E-state index contributed by atoms with van der Waals surface area (Å²) in [4.78, 5) is 11.7. The molecule has 0 fully saturated rings. The number of benzene rings is 1. The third kappa shape index (κ3) is 3.85. The van der Waals surface area contributed by atoms with E-state index in [4.69, 9.17) is 9.78 Å². The molecule has 1 N–H and O–H groups in total. The van der Waals surface area contributed by atoms with Crippen molar-refractivity contribution in [2.24, 2.45) is 5.92 Å². The second-order valence-corrected chi connectivity index (χ2v) is 7.25. The molecule has 1 amide bonds. The molecule has 0 aliphatic rings. The van der Waals surface area contributed by atoms with Crippen LogP contribution in [0, 0.1) is 36.9 Å². The van der Waals surface area contributed by atoms with E-state index in [2.05, 4.69) is 5.16 Å². The van der Waals surface area contributed by atoms with Gasteiger partial charge in [0.2, 0.25) is 5.91 Å². The van der Waals surface area contributed by atoms with Gasteiger partial charge in [-0.15, -0.1) is 0 Å². The summed E-state index contributed by atoms with van der Waals surface area (Å²) < 4.78 is 45.2. The first kappa shape index (κ1) is 18.6. The number of aromatic nitrogens is 1. The summed E-state index contributed by atoms with van der Waals surface area (Å²) in [6, 6.07) is 4.69. The van der Waals surface area contributed by atoms with E-state index < -0.39 is 38.1 Å². The van der Waals surface area contributed by atoms with E-state index in [1.807, 2.05) is 4.72 Å². The van der Waals surface area contributed by atoms with Crippen LogP contribution < -0.4 is 4.72 Å². The lowest BCUT2D eigenvalue weighted by molar-refractivity contribution is -0.122. The van der Waals surface area contributed by atoms with Crippen LogP contribution >= 0.6 is 0 Å². The number of nitriles is 1. The Labute approximate surface area is 144 Å². The molecule has 1 aromatic carbocycles. The highest BCUT2D eigenvalue weighted by Crippen LogP contribution is 2.20. The molecule has 132 valence electrons. The van der Waals surface area contributed by atoms with Crippen LogP contribution in [0.1, 0.15) is 29.5 Å². The quantitative estimate of drug-likeness (QED) is 0.867. The summed E-state index contributed by atoms with van der Waals surface area (Å²) in [6.07, 6.45) is 0.233. The Bertz CT molecular complexity index is 941. The standard InChI is InChI=1S/C16H16FN3O4S/c1-9(7-12-10(2)19-24-11(12)3)16(21)20-25(22,23)15-6-4-5-14(17)13(15)8-18/h4-6,9H,7H2,1-3H3,(H,20,21). The van der Waals surface area contributed by atoms with Crippen LogP contribution in [0.25, 0.3) is 0 Å². The van der Waals surface area contributed by atoms with Gasteiger partial charge in [-0.2, -0.15) is 5.26 Å². The summed E-state index contributed by atoms with van der Waals surface area (Å²) in [5.41, 5.74) is 0.710. The minimum absolute atomic E-state index is 0.233. The van der Waals surface area contributed by atoms with Gasteiger partial charge in [0.25, 0.3) is 10.0 Å². The number of hydrogen-bond acceptors (Lipinski definition) is 6. The number of nitrogens with one attached hydrogen (secondary N) is 1. The van der Waals surface area contributed by atoms with Gasteiger partial charge in [-0.05, 0) is 32.4 Å². The second-order valence-electron chi connectivity index (χ2n) is 5.60. The molecule has 0 aliphatic heterocycles. The first-order valence-electron chi connectivity index (χ1n) is 7.34. The molecule has 0 saturated heterocycles. The second kappa shape index (κ2) is 7.03. The van der Waals surface area contributed by atoms with Crippen molar-refractivity contribution in [3.8, 4) is 6.07 Å². The molecule has 9 heteroatoms. The number of nitrogens with zero attached hydrogens (tertiary/aromatic N) is 2. The molecule has 0 bridgehead atoms. The van der Waals surface area contributed by atoms with Crippen LogP contribution in [0.4, 0.5) is 4.39 Å². The SMILES string of the molecule is Cc1noc(C)c1CC(C)C(=O)NS(=O)(=O)c1cccc(F)c1C#N. The van der Waals surface area contributed by atoms with Gasteiger partial charge >= 0.3 is 0 Å². The molecule has 0 radical (unpaired) electrons. The van der Waals surface area contributed by atoms with Gasteiger partial charge in [0.05, 0.1) is 5.69 Å². The Hall–Kier alpha value is -2.73. The highest BCUT2D eigenvalue weighted by Gasteiger charge is 2.26. The normalized spacial score (nSPS) is 12.4. The van der Waals surface area contributed by atoms with Crippen molar-refractivity contribution in [3.63, 3.8) is 0 Å². The van der Waals surface area contributed by atoms with Gasteiger partial charge in [0.1, 0.15) is 28.1 Å². The molecule has 1 aromatic heterocycles. The Kier molecular flexibility index (Phi) is 5.23. The number of aryl methyl sites for hydroxylation is 2. The zero-order valence-corrected chi connectivity index (χ0v) is 14.6. The maximum Gasteiger partial charge on any atom is 0.265 e. The maximum absolute atomic E-state index is 13.6. The van der Waals surface area contributed by atoms with Crippen LogP contribution in [0.3, 0.4) is 0 Å². The van der Waals surface area contributed by atoms with Gasteiger partial charge in [0.15, 0.2) is 0 Å². The Morgan fingerprint density at radius 2 is 2.12 bits per heavy atom. The third-order valence-corrected chi connectivity index (χ3v) is 5.14. The van der Waals surface area contributed by atoms with Gasteiger partial charge in [0, 0.05) is 11.5 Å². The summed E-state index contributed by atoms with van der Waals surface area (Å²) in [5, 5.41) is 12.7. The zero-order valence-electron chi connectivity index (χ0n) is 13.8. The van der Waals surface area contributed by atoms with E-state index >= 15 is 0 Å². The summed E-state index contributed by atoms with van der Waals surface area (Å²) in [5.74, 6) is -1.89. The van der Waals surface area contributed by atoms with Crippen molar-refractivity contribution in [1.29, 1.82) is 5.26 Å². The monoisotopic (exact) mass is 365 g/mol. The molecular formula is C16H16FN3O4S. The lowest BCUT2D eigenvalue weighted by Gasteiger charge is -2.13. The van der Waals surface area contributed by atoms with E-state index in [1.165, 1.54) is 6.07 Å². The first-order chi connectivity index (χ1) is 11.7. The lowest BCUT2D eigenvalue weighted by Crippen LogP contribution is -2.36. The van der Waals surface area contributed by atoms with Crippen LogP contribution in [0.15, 0.2) is 27.6 Å². The molecule has 1 atom stereocenters. The van der Waals surface area contributed by atoms with Crippen LogP contribution in [-0.2, 0) is 21.2 Å². The highest BCUT2D eigenvalue weighted by atomic mass is 32.2. The van der Waals surface area contributed by atoms with E-state index in [0.29, 0.717) is 11.5 Å². The Balaban J connectivity index is 2.22. The average Bonchev–Trinajstić information content (AvgIpc) is 2.86. The lowest BCUT2D eigenvalue weighted by atomic mass is 9.99. The largest absolute Gasteiger partial charge is 0.361 e. The van der Waals surface area contributed by atoms with Crippen molar-refractivity contribution >= 4 is 15.9 Å². The number of rotatable bonds is 5. The maximum atomic E-state index is 13.6. The molecule has 0 aliphatic carbocycles. The van der Waals surface area contributed by atoms with Gasteiger partial charge in [-0.25, -0.2) is 17.5 Å². The topological polar surface area (TPSA) is 113 Å². The van der Waals surface area contributed by atoms with Crippen molar-refractivity contribution in [3.05, 3.63) is 46.6 Å². The molecule has 1 heterocycles. The first-order valence-corrected chi connectivity index (χ1v) is 8.82. The summed E-state index contributed by atoms with van der Waals surface area (Å²) in [7, 11) is -4.37. The van der Waals surface area contributed by atoms with Crippen molar-refractivity contribution in [2.45, 2.75) is 32.1 Å². The number of amides is 1. The molecule has 7 nitrogen and oxygen atoms in total. The minimum atomic E-state index is -4.37. The van der Waals surface area contributed by atoms with Crippen LogP contribution in [0.2, 0.25) is 0 Å². The molecule has 0 saturated carbocycles. The molecular weight excluding hydrogens is 349 g/mol. The number of hydrogen-bond donors (Lipinski definition) is 1. The number of carbonyl (C=O) groups is 1. The molecule has 25 heavy (non-hydrogen) atoms. The van der Waals surface area contributed by atoms with Crippen LogP contribution in [0.5, 0.6) is 0 Å². The average molecular weight is 365 g/mol. The van der Waals surface area contributed by atoms with E-state index in [1.54, 1.807) is 20.8 Å². The molecule has 2 rings (SSSR count). The van der Waals surface area contributed by atoms with Gasteiger partial charge < -0.3 is 4.52 Å². The molecule has 0 spiro atoms. The fourth-order valence-electron chi connectivity index (χ4n) is 2.32.